The highest BCUT2D eigenvalue weighted by molar-refractivity contribution is 5.96. The van der Waals surface area contributed by atoms with Crippen LogP contribution in [0.25, 0.3) is 6.08 Å². The third kappa shape index (κ3) is 6.98. The molecule has 1 aliphatic heterocycles. The van der Waals surface area contributed by atoms with E-state index in [0.29, 0.717) is 47.9 Å². The predicted octanol–water partition coefficient (Wildman–Crippen LogP) is 6.08. The number of carbonyl (C=O) groups is 1. The number of carbonyl (C=O) groups excluding carboxylic acids is 1. The standard InChI is InChI=1S/C32H42N2O4/c1-24(18-25-12-7-5-8-13-25)21-34(23-28-16-11-17-33(28)22-26-14-9-6-10-15-26)32(35)27-19-29(36-2)31(38-4)30(20-27)37-3/h5-9,12-13,18-20,26,28H,10-11,14-17,21-23H2,1-4H3/b24-18+/t26?,28-/m0/s1. The molecule has 1 fully saturated rings. The van der Waals surface area contributed by atoms with Gasteiger partial charge in [-0.15, -0.1) is 0 Å². The fourth-order valence-electron chi connectivity index (χ4n) is 5.74. The van der Waals surface area contributed by atoms with Gasteiger partial charge in [0.2, 0.25) is 5.75 Å². The van der Waals surface area contributed by atoms with Crippen LogP contribution < -0.4 is 14.2 Å². The molecular formula is C32H42N2O4. The molecule has 1 heterocycles. The molecule has 4 rings (SSSR count). The molecule has 2 aromatic carbocycles. The number of hydrogen-bond donors (Lipinski definition) is 0. The second-order valence-electron chi connectivity index (χ2n) is 10.4. The second-order valence-corrected chi connectivity index (χ2v) is 10.4. The first-order chi connectivity index (χ1) is 18.5. The molecule has 0 radical (unpaired) electrons. The largest absolute Gasteiger partial charge is 0.493 e. The van der Waals surface area contributed by atoms with Gasteiger partial charge >= 0.3 is 0 Å². The molecule has 0 N–H and O–H groups in total. The van der Waals surface area contributed by atoms with E-state index in [2.05, 4.69) is 42.2 Å². The third-order valence-corrected chi connectivity index (χ3v) is 7.65. The summed E-state index contributed by atoms with van der Waals surface area (Å²) in [6.07, 6.45) is 12.7. The maximum Gasteiger partial charge on any atom is 0.254 e. The van der Waals surface area contributed by atoms with Gasteiger partial charge in [-0.3, -0.25) is 9.69 Å². The number of methoxy groups -OCH3 is 3. The van der Waals surface area contributed by atoms with Crippen molar-refractivity contribution in [3.8, 4) is 17.2 Å². The molecule has 6 heteroatoms. The summed E-state index contributed by atoms with van der Waals surface area (Å²) < 4.78 is 16.6. The van der Waals surface area contributed by atoms with Crippen molar-refractivity contribution in [2.45, 2.75) is 45.1 Å². The van der Waals surface area contributed by atoms with Gasteiger partial charge in [0, 0.05) is 31.2 Å². The van der Waals surface area contributed by atoms with Crippen molar-refractivity contribution in [2.75, 3.05) is 47.5 Å². The Hall–Kier alpha value is -3.25. The average Bonchev–Trinajstić information content (AvgIpc) is 3.38. The van der Waals surface area contributed by atoms with E-state index >= 15 is 0 Å². The van der Waals surface area contributed by atoms with Crippen molar-refractivity contribution in [2.24, 2.45) is 5.92 Å². The molecule has 2 aromatic rings. The lowest BCUT2D eigenvalue weighted by Crippen LogP contribution is -2.45. The Balaban J connectivity index is 1.59. The van der Waals surface area contributed by atoms with E-state index in [-0.39, 0.29) is 5.91 Å². The highest BCUT2D eigenvalue weighted by Gasteiger charge is 2.31. The lowest BCUT2D eigenvalue weighted by molar-refractivity contribution is 0.0712. The molecule has 0 aromatic heterocycles. The molecule has 1 amide bonds. The Kier molecular flexibility index (Phi) is 9.88. The second kappa shape index (κ2) is 13.5. The van der Waals surface area contributed by atoms with Crippen LogP contribution in [0, 0.1) is 5.92 Å². The van der Waals surface area contributed by atoms with Crippen molar-refractivity contribution >= 4 is 12.0 Å². The van der Waals surface area contributed by atoms with Gasteiger partial charge in [-0.05, 0) is 69.2 Å². The molecule has 2 atom stereocenters. The molecule has 0 saturated carbocycles. The summed E-state index contributed by atoms with van der Waals surface area (Å²) in [6, 6.07) is 14.1. The summed E-state index contributed by atoms with van der Waals surface area (Å²) in [5, 5.41) is 0. The zero-order valence-electron chi connectivity index (χ0n) is 23.3. The summed E-state index contributed by atoms with van der Waals surface area (Å²) in [5.74, 6) is 2.14. The maximum atomic E-state index is 14.1. The van der Waals surface area contributed by atoms with Crippen molar-refractivity contribution in [1.29, 1.82) is 0 Å². The normalized spacial score (nSPS) is 19.8. The molecule has 1 unspecified atom stereocenters. The van der Waals surface area contributed by atoms with Crippen LogP contribution in [-0.2, 0) is 0 Å². The molecule has 0 spiro atoms. The van der Waals surface area contributed by atoms with Crippen LogP contribution in [0.4, 0.5) is 0 Å². The van der Waals surface area contributed by atoms with Crippen LogP contribution in [-0.4, -0.2) is 69.3 Å². The average molecular weight is 519 g/mol. The van der Waals surface area contributed by atoms with Gasteiger partial charge in [-0.25, -0.2) is 0 Å². The van der Waals surface area contributed by atoms with E-state index < -0.39 is 0 Å². The smallest absolute Gasteiger partial charge is 0.254 e. The lowest BCUT2D eigenvalue weighted by Gasteiger charge is -2.34. The van der Waals surface area contributed by atoms with Crippen LogP contribution in [0.15, 0.2) is 60.2 Å². The Labute approximate surface area is 227 Å². The number of nitrogens with zero attached hydrogens (tertiary/aromatic N) is 2. The number of amides is 1. The summed E-state index contributed by atoms with van der Waals surface area (Å²) in [7, 11) is 4.72. The number of likely N-dealkylation sites (tertiary alicyclic amines) is 1. The van der Waals surface area contributed by atoms with Crippen LogP contribution >= 0.6 is 0 Å². The minimum atomic E-state index is -0.0301. The third-order valence-electron chi connectivity index (χ3n) is 7.65. The minimum Gasteiger partial charge on any atom is -0.493 e. The summed E-state index contributed by atoms with van der Waals surface area (Å²) in [6.45, 7) is 5.57. The fraction of sp³-hybridized carbons (Fsp3) is 0.469. The van der Waals surface area contributed by atoms with Crippen molar-refractivity contribution in [3.63, 3.8) is 0 Å². The molecule has 204 valence electrons. The molecule has 38 heavy (non-hydrogen) atoms. The van der Waals surface area contributed by atoms with Crippen molar-refractivity contribution in [3.05, 3.63) is 71.3 Å². The fourth-order valence-corrected chi connectivity index (χ4v) is 5.74. The first kappa shape index (κ1) is 27.8. The summed E-state index contributed by atoms with van der Waals surface area (Å²) in [5.41, 5.74) is 2.81. The van der Waals surface area contributed by atoms with Gasteiger partial charge in [-0.1, -0.05) is 54.1 Å². The van der Waals surface area contributed by atoms with E-state index in [1.54, 1.807) is 33.5 Å². The molecular weight excluding hydrogens is 476 g/mol. The molecule has 0 bridgehead atoms. The molecule has 1 aliphatic carbocycles. The number of rotatable bonds is 11. The Morgan fingerprint density at radius 3 is 2.39 bits per heavy atom. The van der Waals surface area contributed by atoms with Crippen LogP contribution in [0.3, 0.4) is 0 Å². The number of hydrogen-bond acceptors (Lipinski definition) is 5. The van der Waals surface area contributed by atoms with Crippen LogP contribution in [0.5, 0.6) is 17.2 Å². The van der Waals surface area contributed by atoms with Crippen molar-refractivity contribution in [1.82, 2.24) is 9.80 Å². The van der Waals surface area contributed by atoms with Crippen LogP contribution in [0.1, 0.15) is 54.9 Å². The van der Waals surface area contributed by atoms with Gasteiger partial charge in [0.25, 0.3) is 5.91 Å². The van der Waals surface area contributed by atoms with E-state index in [4.69, 9.17) is 14.2 Å². The molecule has 6 nitrogen and oxygen atoms in total. The Bertz CT molecular complexity index is 1100. The maximum absolute atomic E-state index is 14.1. The predicted molar refractivity (Wildman–Crippen MR) is 153 cm³/mol. The molecule has 2 aliphatic rings. The topological polar surface area (TPSA) is 51.2 Å². The van der Waals surface area contributed by atoms with E-state index in [0.717, 1.165) is 37.1 Å². The van der Waals surface area contributed by atoms with Gasteiger partial charge in [0.1, 0.15) is 0 Å². The highest BCUT2D eigenvalue weighted by atomic mass is 16.5. The number of ether oxygens (including phenoxy) is 3. The number of allylic oxidation sites excluding steroid dienone is 2. The lowest BCUT2D eigenvalue weighted by atomic mass is 9.93. The minimum absolute atomic E-state index is 0.0301. The van der Waals surface area contributed by atoms with Gasteiger partial charge in [-0.2, -0.15) is 0 Å². The Morgan fingerprint density at radius 2 is 1.76 bits per heavy atom. The van der Waals surface area contributed by atoms with E-state index in [9.17, 15) is 4.79 Å². The zero-order chi connectivity index (χ0) is 26.9. The monoisotopic (exact) mass is 518 g/mol. The van der Waals surface area contributed by atoms with E-state index in [1.165, 1.54) is 19.3 Å². The van der Waals surface area contributed by atoms with Gasteiger partial charge in [0.15, 0.2) is 11.5 Å². The molecule has 1 saturated heterocycles. The van der Waals surface area contributed by atoms with Gasteiger partial charge < -0.3 is 19.1 Å². The Morgan fingerprint density at radius 1 is 1.03 bits per heavy atom. The zero-order valence-corrected chi connectivity index (χ0v) is 23.3. The first-order valence-corrected chi connectivity index (χ1v) is 13.7. The SMILES string of the molecule is COc1cc(C(=O)N(C/C(C)=C/c2ccccc2)C[C@@H]2CCCN2CC2CC=CCC2)cc(OC)c1OC. The first-order valence-electron chi connectivity index (χ1n) is 13.7. The van der Waals surface area contributed by atoms with E-state index in [1.807, 2.05) is 23.1 Å². The van der Waals surface area contributed by atoms with Crippen molar-refractivity contribution < 1.29 is 19.0 Å². The summed E-state index contributed by atoms with van der Waals surface area (Å²) in [4.78, 5) is 18.7. The quantitative estimate of drug-likeness (QED) is 0.338. The van der Waals surface area contributed by atoms with Crippen LogP contribution in [0.2, 0.25) is 0 Å². The number of benzene rings is 2. The highest BCUT2D eigenvalue weighted by Crippen LogP contribution is 2.38. The van der Waals surface area contributed by atoms with Gasteiger partial charge in [0.05, 0.1) is 21.3 Å². The summed E-state index contributed by atoms with van der Waals surface area (Å²) >= 11 is 0.